The second-order valence-corrected chi connectivity index (χ2v) is 6.39. The Bertz CT molecular complexity index is 695. The number of nitrogens with zero attached hydrogens (tertiary/aromatic N) is 1. The maximum atomic E-state index is 12.2. The highest BCUT2D eigenvalue weighted by atomic mass is 16.5. The van der Waals surface area contributed by atoms with E-state index in [9.17, 15) is 4.79 Å². The van der Waals surface area contributed by atoms with Crippen LogP contribution in [-0.2, 0) is 17.8 Å². The predicted molar refractivity (Wildman–Crippen MR) is 96.4 cm³/mol. The van der Waals surface area contributed by atoms with Crippen LogP contribution >= 0.6 is 0 Å². The Labute approximate surface area is 143 Å². The summed E-state index contributed by atoms with van der Waals surface area (Å²) < 4.78 is 5.62. The Balaban J connectivity index is 1.49. The summed E-state index contributed by atoms with van der Waals surface area (Å²) >= 11 is 0. The van der Waals surface area contributed by atoms with Crippen molar-refractivity contribution in [3.8, 4) is 5.75 Å². The lowest BCUT2D eigenvalue weighted by Gasteiger charge is -2.18. The monoisotopic (exact) mass is 324 g/mol. The van der Waals surface area contributed by atoms with Gasteiger partial charge in [-0.2, -0.15) is 0 Å². The number of rotatable bonds is 6. The average molecular weight is 324 g/mol. The lowest BCUT2D eigenvalue weighted by molar-refractivity contribution is -0.119. The zero-order chi connectivity index (χ0) is 16.9. The van der Waals surface area contributed by atoms with Crippen molar-refractivity contribution in [1.82, 2.24) is 5.32 Å². The fraction of sp³-hybridized carbons (Fsp3) is 0.350. The van der Waals surface area contributed by atoms with Gasteiger partial charge in [-0.15, -0.1) is 0 Å². The predicted octanol–water partition coefficient (Wildman–Crippen LogP) is 3.15. The van der Waals surface area contributed by atoms with Gasteiger partial charge in [-0.3, -0.25) is 4.79 Å². The van der Waals surface area contributed by atoms with Gasteiger partial charge in [-0.1, -0.05) is 30.3 Å². The summed E-state index contributed by atoms with van der Waals surface area (Å²) in [5.41, 5.74) is 3.58. The molecule has 4 nitrogen and oxygen atoms in total. The molecule has 0 unspecified atom stereocenters. The maximum Gasteiger partial charge on any atom is 0.239 e. The molecule has 0 radical (unpaired) electrons. The molecule has 0 aromatic heterocycles. The number of carbonyl (C=O) groups excluding carboxylic acids is 1. The van der Waals surface area contributed by atoms with Gasteiger partial charge in [-0.05, 0) is 49.6 Å². The summed E-state index contributed by atoms with van der Waals surface area (Å²) in [7, 11) is 0. The van der Waals surface area contributed by atoms with Crippen molar-refractivity contribution in [3.05, 3.63) is 59.7 Å². The van der Waals surface area contributed by atoms with Gasteiger partial charge in [0.2, 0.25) is 5.91 Å². The highest BCUT2D eigenvalue weighted by Crippen LogP contribution is 2.26. The van der Waals surface area contributed by atoms with Crippen molar-refractivity contribution in [3.63, 3.8) is 0 Å². The molecule has 3 rings (SSSR count). The third kappa shape index (κ3) is 4.07. The number of para-hydroxylation sites is 1. The van der Waals surface area contributed by atoms with Crippen LogP contribution in [0.3, 0.4) is 0 Å². The Morgan fingerprint density at radius 1 is 1.17 bits per heavy atom. The fourth-order valence-corrected chi connectivity index (χ4v) is 2.96. The highest BCUT2D eigenvalue weighted by Gasteiger charge is 2.20. The normalized spacial score (nSPS) is 13.0. The van der Waals surface area contributed by atoms with Gasteiger partial charge in [0.25, 0.3) is 0 Å². The minimum absolute atomic E-state index is 0.0502. The minimum Gasteiger partial charge on any atom is -0.491 e. The van der Waals surface area contributed by atoms with E-state index in [4.69, 9.17) is 4.74 Å². The number of anilines is 1. The second-order valence-electron chi connectivity index (χ2n) is 6.39. The van der Waals surface area contributed by atoms with Crippen molar-refractivity contribution >= 4 is 11.6 Å². The summed E-state index contributed by atoms with van der Waals surface area (Å²) in [4.78, 5) is 14.4. The van der Waals surface area contributed by atoms with Gasteiger partial charge in [0.15, 0.2) is 0 Å². The number of hydrogen-bond acceptors (Lipinski definition) is 3. The van der Waals surface area contributed by atoms with E-state index in [-0.39, 0.29) is 12.0 Å². The first-order chi connectivity index (χ1) is 11.6. The van der Waals surface area contributed by atoms with Crippen LogP contribution in [0.15, 0.2) is 48.5 Å². The molecule has 0 saturated carbocycles. The highest BCUT2D eigenvalue weighted by molar-refractivity contribution is 5.82. The first-order valence-electron chi connectivity index (χ1n) is 8.47. The minimum atomic E-state index is 0.0502. The third-order valence-corrected chi connectivity index (χ3v) is 4.10. The fourth-order valence-electron chi connectivity index (χ4n) is 2.96. The topological polar surface area (TPSA) is 41.6 Å². The van der Waals surface area contributed by atoms with Gasteiger partial charge in [0.05, 0.1) is 12.6 Å². The van der Waals surface area contributed by atoms with Crippen molar-refractivity contribution in [2.75, 3.05) is 18.0 Å². The lowest BCUT2D eigenvalue weighted by atomic mass is 10.2. The number of amides is 1. The average Bonchev–Trinajstić information content (AvgIpc) is 2.97. The van der Waals surface area contributed by atoms with E-state index in [0.29, 0.717) is 13.1 Å². The van der Waals surface area contributed by atoms with Crippen molar-refractivity contribution < 1.29 is 9.53 Å². The number of hydrogen-bond donors (Lipinski definition) is 1. The molecule has 2 aromatic rings. The summed E-state index contributed by atoms with van der Waals surface area (Å²) in [5.74, 6) is 0.906. The standard InChI is InChI=1S/C20H24N2O2/c1-15(2)24-18-9-7-16(8-10-18)13-21-20(23)14-22-12-11-17-5-3-4-6-19(17)22/h3-10,15H,11-14H2,1-2H3,(H,21,23). The molecule has 1 aliphatic rings. The second kappa shape index (κ2) is 7.39. The van der Waals surface area contributed by atoms with Crippen LogP contribution in [0.2, 0.25) is 0 Å². The largest absolute Gasteiger partial charge is 0.491 e. The van der Waals surface area contributed by atoms with E-state index in [2.05, 4.69) is 28.4 Å². The summed E-state index contributed by atoms with van der Waals surface area (Å²) in [5, 5.41) is 3.00. The van der Waals surface area contributed by atoms with Crippen LogP contribution in [0, 0.1) is 0 Å². The van der Waals surface area contributed by atoms with Gasteiger partial charge < -0.3 is 15.0 Å². The number of carbonyl (C=O) groups is 1. The zero-order valence-electron chi connectivity index (χ0n) is 14.3. The lowest BCUT2D eigenvalue weighted by Crippen LogP contribution is -2.36. The summed E-state index contributed by atoms with van der Waals surface area (Å²) in [6.45, 7) is 5.87. The molecular formula is C20H24N2O2. The molecule has 0 bridgehead atoms. The molecule has 1 heterocycles. The van der Waals surface area contributed by atoms with Crippen LogP contribution < -0.4 is 15.0 Å². The summed E-state index contributed by atoms with van der Waals surface area (Å²) in [6, 6.07) is 16.2. The molecule has 4 heteroatoms. The number of benzene rings is 2. The molecule has 0 atom stereocenters. The van der Waals surface area contributed by atoms with E-state index >= 15 is 0 Å². The smallest absolute Gasteiger partial charge is 0.239 e. The first kappa shape index (κ1) is 16.4. The molecule has 1 amide bonds. The number of fused-ring (bicyclic) bond motifs is 1. The number of ether oxygens (including phenoxy) is 1. The van der Waals surface area contributed by atoms with Crippen LogP contribution in [-0.4, -0.2) is 25.1 Å². The van der Waals surface area contributed by atoms with Crippen LogP contribution in [0.4, 0.5) is 5.69 Å². The van der Waals surface area contributed by atoms with E-state index < -0.39 is 0 Å². The Morgan fingerprint density at radius 2 is 1.92 bits per heavy atom. The quantitative estimate of drug-likeness (QED) is 0.887. The first-order valence-corrected chi connectivity index (χ1v) is 8.47. The Hall–Kier alpha value is -2.49. The van der Waals surface area contributed by atoms with Gasteiger partial charge in [0, 0.05) is 18.8 Å². The Morgan fingerprint density at radius 3 is 2.67 bits per heavy atom. The maximum absolute atomic E-state index is 12.2. The number of nitrogens with one attached hydrogen (secondary N) is 1. The molecule has 24 heavy (non-hydrogen) atoms. The molecule has 0 aliphatic carbocycles. The Kier molecular flexibility index (Phi) is 5.04. The van der Waals surface area contributed by atoms with Gasteiger partial charge >= 0.3 is 0 Å². The van der Waals surface area contributed by atoms with Crippen molar-refractivity contribution in [2.24, 2.45) is 0 Å². The van der Waals surface area contributed by atoms with E-state index in [0.717, 1.165) is 24.3 Å². The molecule has 1 aliphatic heterocycles. The molecule has 0 fully saturated rings. The van der Waals surface area contributed by atoms with Crippen LogP contribution in [0.1, 0.15) is 25.0 Å². The van der Waals surface area contributed by atoms with E-state index in [1.165, 1.54) is 11.3 Å². The van der Waals surface area contributed by atoms with E-state index in [1.807, 2.05) is 44.2 Å². The SMILES string of the molecule is CC(C)Oc1ccc(CNC(=O)CN2CCc3ccccc32)cc1. The molecule has 126 valence electrons. The van der Waals surface area contributed by atoms with Gasteiger partial charge in [-0.25, -0.2) is 0 Å². The molecule has 1 N–H and O–H groups in total. The van der Waals surface area contributed by atoms with Crippen molar-refractivity contribution in [1.29, 1.82) is 0 Å². The van der Waals surface area contributed by atoms with Crippen LogP contribution in [0.5, 0.6) is 5.75 Å². The molecule has 0 spiro atoms. The summed E-state index contributed by atoms with van der Waals surface area (Å²) in [6.07, 6.45) is 1.18. The van der Waals surface area contributed by atoms with Crippen LogP contribution in [0.25, 0.3) is 0 Å². The zero-order valence-corrected chi connectivity index (χ0v) is 14.3. The van der Waals surface area contributed by atoms with Gasteiger partial charge in [0.1, 0.15) is 5.75 Å². The van der Waals surface area contributed by atoms with Crippen molar-refractivity contribution in [2.45, 2.75) is 32.9 Å². The third-order valence-electron chi connectivity index (χ3n) is 4.10. The van der Waals surface area contributed by atoms with E-state index in [1.54, 1.807) is 0 Å². The molecule has 2 aromatic carbocycles. The molecular weight excluding hydrogens is 300 g/mol. The molecule has 0 saturated heterocycles.